The first kappa shape index (κ1) is 20.7. The number of rotatable bonds is 7. The maximum Gasteiger partial charge on any atom is 0.323 e. The second kappa shape index (κ2) is 8.73. The maximum atomic E-state index is 13.0. The van der Waals surface area contributed by atoms with E-state index in [9.17, 15) is 14.4 Å². The van der Waals surface area contributed by atoms with Gasteiger partial charge in [0.15, 0.2) is 5.82 Å². The standard InChI is InChI=1S/C23H23N7O3/c31-21(27-12-14-4-6-17-18(11-14)29-23(33)28-17)19-7-5-16-13-26-20(22(32)30(16)19)25-10-8-15-3-1-2-9-24-15/h1-4,6,9,11,13,19H,5,7-8,10,12H2,(H,25,26)(H,27,31)(H2,28,29,33)/t19-/m0/s1. The minimum atomic E-state index is -0.581. The monoisotopic (exact) mass is 445 g/mol. The molecule has 10 nitrogen and oxygen atoms in total. The number of hydrogen-bond acceptors (Lipinski definition) is 6. The van der Waals surface area contributed by atoms with E-state index in [0.717, 1.165) is 17.0 Å². The average molecular weight is 445 g/mol. The van der Waals surface area contributed by atoms with Crippen LogP contribution < -0.4 is 21.9 Å². The van der Waals surface area contributed by atoms with Crippen LogP contribution in [0.25, 0.3) is 11.0 Å². The van der Waals surface area contributed by atoms with Crippen molar-refractivity contribution in [2.24, 2.45) is 0 Å². The van der Waals surface area contributed by atoms with Crippen LogP contribution in [0.5, 0.6) is 0 Å². The summed E-state index contributed by atoms with van der Waals surface area (Å²) in [5, 5.41) is 5.99. The van der Waals surface area contributed by atoms with Gasteiger partial charge < -0.3 is 20.6 Å². The Morgan fingerprint density at radius 2 is 2.00 bits per heavy atom. The van der Waals surface area contributed by atoms with E-state index in [1.807, 2.05) is 30.3 Å². The second-order valence-corrected chi connectivity index (χ2v) is 8.00. The number of carbonyl (C=O) groups excluding carboxylic acids is 1. The lowest BCUT2D eigenvalue weighted by Gasteiger charge is -2.16. The zero-order chi connectivity index (χ0) is 22.8. The van der Waals surface area contributed by atoms with E-state index >= 15 is 0 Å². The number of nitrogens with zero attached hydrogens (tertiary/aromatic N) is 3. The van der Waals surface area contributed by atoms with Crippen molar-refractivity contribution in [3.8, 4) is 0 Å². The van der Waals surface area contributed by atoms with Gasteiger partial charge in [-0.2, -0.15) is 0 Å². The van der Waals surface area contributed by atoms with Crippen molar-refractivity contribution in [3.05, 3.63) is 86.6 Å². The number of anilines is 1. The number of benzene rings is 1. The average Bonchev–Trinajstić information content (AvgIpc) is 3.42. The van der Waals surface area contributed by atoms with E-state index in [1.165, 1.54) is 4.57 Å². The minimum absolute atomic E-state index is 0.218. The maximum absolute atomic E-state index is 13.0. The molecular weight excluding hydrogens is 422 g/mol. The Labute approximate surface area is 188 Å². The van der Waals surface area contributed by atoms with E-state index < -0.39 is 6.04 Å². The van der Waals surface area contributed by atoms with Crippen molar-refractivity contribution in [3.63, 3.8) is 0 Å². The van der Waals surface area contributed by atoms with Gasteiger partial charge in [-0.25, -0.2) is 9.78 Å². The molecule has 0 saturated heterocycles. The Morgan fingerprint density at radius 1 is 1.12 bits per heavy atom. The molecule has 1 amide bonds. The van der Waals surface area contributed by atoms with Gasteiger partial charge in [-0.1, -0.05) is 12.1 Å². The van der Waals surface area contributed by atoms with Crippen LogP contribution in [0.15, 0.2) is 58.4 Å². The van der Waals surface area contributed by atoms with Crippen LogP contribution in [0.1, 0.15) is 29.4 Å². The molecule has 4 aromatic rings. The quantitative estimate of drug-likeness (QED) is 0.338. The number of fused-ring (bicyclic) bond motifs is 2. The summed E-state index contributed by atoms with van der Waals surface area (Å²) in [5.41, 5.74) is 3.35. The number of aromatic amines is 2. The molecule has 0 radical (unpaired) electrons. The summed E-state index contributed by atoms with van der Waals surface area (Å²) in [5.74, 6) is 0.0142. The molecule has 3 aromatic heterocycles. The Kier molecular flexibility index (Phi) is 5.47. The fourth-order valence-electron chi connectivity index (χ4n) is 4.16. The van der Waals surface area contributed by atoms with Gasteiger partial charge in [0.05, 0.1) is 11.0 Å². The molecule has 1 aliphatic rings. The molecule has 33 heavy (non-hydrogen) atoms. The molecule has 0 bridgehead atoms. The van der Waals surface area contributed by atoms with Gasteiger partial charge >= 0.3 is 5.69 Å². The highest BCUT2D eigenvalue weighted by Crippen LogP contribution is 2.24. The molecular formula is C23H23N7O3. The highest BCUT2D eigenvalue weighted by molar-refractivity contribution is 5.81. The third-order valence-corrected chi connectivity index (χ3v) is 5.81. The van der Waals surface area contributed by atoms with Crippen LogP contribution in [0, 0.1) is 0 Å². The summed E-state index contributed by atoms with van der Waals surface area (Å²) >= 11 is 0. The number of imidazole rings is 1. The number of pyridine rings is 1. The first-order chi connectivity index (χ1) is 16.1. The van der Waals surface area contributed by atoms with Crippen LogP contribution >= 0.6 is 0 Å². The highest BCUT2D eigenvalue weighted by atomic mass is 16.2. The summed E-state index contributed by atoms with van der Waals surface area (Å²) in [6, 6.07) is 10.6. The number of aryl methyl sites for hydroxylation is 1. The molecule has 168 valence electrons. The summed E-state index contributed by atoms with van der Waals surface area (Å²) < 4.78 is 1.54. The summed E-state index contributed by atoms with van der Waals surface area (Å²) in [6.07, 6.45) is 5.21. The lowest BCUT2D eigenvalue weighted by Crippen LogP contribution is -2.36. The van der Waals surface area contributed by atoms with Gasteiger partial charge in [0.1, 0.15) is 6.04 Å². The third kappa shape index (κ3) is 4.27. The number of amides is 1. The first-order valence-electron chi connectivity index (χ1n) is 10.8. The zero-order valence-electron chi connectivity index (χ0n) is 17.8. The van der Waals surface area contributed by atoms with Crippen LogP contribution in [0.4, 0.5) is 5.82 Å². The number of carbonyl (C=O) groups is 1. The number of hydrogen-bond donors (Lipinski definition) is 4. The number of aromatic nitrogens is 5. The molecule has 4 heterocycles. The Morgan fingerprint density at radius 3 is 2.85 bits per heavy atom. The van der Waals surface area contributed by atoms with E-state index in [0.29, 0.717) is 43.4 Å². The summed E-state index contributed by atoms with van der Waals surface area (Å²) in [4.78, 5) is 51.3. The lowest BCUT2D eigenvalue weighted by molar-refractivity contribution is -0.124. The van der Waals surface area contributed by atoms with E-state index in [1.54, 1.807) is 18.5 Å². The Bertz CT molecular complexity index is 1420. The van der Waals surface area contributed by atoms with Crippen LogP contribution in [0.2, 0.25) is 0 Å². The Hall–Kier alpha value is -4.21. The molecule has 0 spiro atoms. The van der Waals surface area contributed by atoms with Crippen molar-refractivity contribution < 1.29 is 4.79 Å². The van der Waals surface area contributed by atoms with Crippen LogP contribution in [-0.2, 0) is 24.2 Å². The van der Waals surface area contributed by atoms with E-state index in [-0.39, 0.29) is 23.0 Å². The van der Waals surface area contributed by atoms with Crippen molar-refractivity contribution in [2.45, 2.75) is 31.8 Å². The molecule has 5 rings (SSSR count). The summed E-state index contributed by atoms with van der Waals surface area (Å²) in [7, 11) is 0. The predicted molar refractivity (Wildman–Crippen MR) is 123 cm³/mol. The minimum Gasteiger partial charge on any atom is -0.365 e. The van der Waals surface area contributed by atoms with Gasteiger partial charge in [0.25, 0.3) is 5.56 Å². The van der Waals surface area contributed by atoms with Gasteiger partial charge in [0, 0.05) is 43.3 Å². The van der Waals surface area contributed by atoms with Crippen LogP contribution in [-0.4, -0.2) is 37.0 Å². The highest BCUT2D eigenvalue weighted by Gasteiger charge is 2.30. The molecule has 0 saturated carbocycles. The second-order valence-electron chi connectivity index (χ2n) is 8.00. The fraction of sp³-hybridized carbons (Fsp3) is 0.261. The molecule has 10 heteroatoms. The molecule has 0 unspecified atom stereocenters. The topological polar surface area (TPSA) is 138 Å². The molecule has 4 N–H and O–H groups in total. The van der Waals surface area contributed by atoms with Gasteiger partial charge in [0.2, 0.25) is 5.91 Å². The van der Waals surface area contributed by atoms with Gasteiger partial charge in [-0.05, 0) is 42.7 Å². The predicted octanol–water partition coefficient (Wildman–Crippen LogP) is 1.27. The molecule has 1 atom stereocenters. The van der Waals surface area contributed by atoms with Gasteiger partial charge in [-0.15, -0.1) is 0 Å². The molecule has 0 aliphatic carbocycles. The van der Waals surface area contributed by atoms with E-state index in [4.69, 9.17) is 0 Å². The molecule has 1 aromatic carbocycles. The third-order valence-electron chi connectivity index (χ3n) is 5.81. The van der Waals surface area contributed by atoms with Crippen molar-refractivity contribution >= 4 is 22.8 Å². The van der Waals surface area contributed by atoms with Crippen molar-refractivity contribution in [1.29, 1.82) is 0 Å². The number of nitrogens with one attached hydrogen (secondary N) is 4. The summed E-state index contributed by atoms with van der Waals surface area (Å²) in [6.45, 7) is 0.808. The van der Waals surface area contributed by atoms with Crippen molar-refractivity contribution in [1.82, 2.24) is 29.8 Å². The largest absolute Gasteiger partial charge is 0.365 e. The van der Waals surface area contributed by atoms with E-state index in [2.05, 4.69) is 30.6 Å². The number of H-pyrrole nitrogens is 2. The van der Waals surface area contributed by atoms with Crippen LogP contribution in [0.3, 0.4) is 0 Å². The SMILES string of the molecule is O=C(NCc1ccc2[nH]c(=O)[nH]c2c1)[C@@H]1CCc2cnc(NCCc3ccccn3)c(=O)n21. The fourth-order valence-corrected chi connectivity index (χ4v) is 4.16. The zero-order valence-corrected chi connectivity index (χ0v) is 17.8. The van der Waals surface area contributed by atoms with Gasteiger partial charge in [-0.3, -0.25) is 19.1 Å². The normalized spacial score (nSPS) is 14.8. The smallest absolute Gasteiger partial charge is 0.323 e. The first-order valence-corrected chi connectivity index (χ1v) is 10.8. The lowest BCUT2D eigenvalue weighted by atomic mass is 10.1. The molecule has 0 fully saturated rings. The molecule has 1 aliphatic heterocycles. The van der Waals surface area contributed by atoms with Crippen molar-refractivity contribution in [2.75, 3.05) is 11.9 Å². The Balaban J connectivity index is 1.26.